The molecule has 1 unspecified atom stereocenters. The van der Waals surface area contributed by atoms with E-state index >= 15 is 0 Å². The van der Waals surface area contributed by atoms with Gasteiger partial charge in [0.05, 0.1) is 6.10 Å². The first-order valence-electron chi connectivity index (χ1n) is 5.74. The average molecular weight is 233 g/mol. The lowest BCUT2D eigenvalue weighted by Crippen LogP contribution is -2.31. The highest BCUT2D eigenvalue weighted by molar-refractivity contribution is 5.95. The van der Waals surface area contributed by atoms with E-state index < -0.39 is 6.10 Å². The third kappa shape index (κ3) is 4.04. The van der Waals surface area contributed by atoms with Crippen LogP contribution in [0.1, 0.15) is 29.8 Å². The predicted octanol–water partition coefficient (Wildman–Crippen LogP) is 1.91. The fraction of sp³-hybridized carbons (Fsp3) is 0.357. The quantitative estimate of drug-likeness (QED) is 0.763. The number of aliphatic hydroxyl groups is 1. The second kappa shape index (κ2) is 6.21. The van der Waals surface area contributed by atoms with Crippen LogP contribution in [0.3, 0.4) is 0 Å². The number of hydrogen-bond donors (Lipinski definition) is 2. The van der Waals surface area contributed by atoms with Crippen LogP contribution in [0.4, 0.5) is 0 Å². The molecule has 0 aliphatic rings. The minimum absolute atomic E-state index is 0.0971. The van der Waals surface area contributed by atoms with Gasteiger partial charge in [0.2, 0.25) is 0 Å². The highest BCUT2D eigenvalue weighted by Crippen LogP contribution is 2.12. The third-order valence-corrected chi connectivity index (χ3v) is 2.38. The zero-order valence-electron chi connectivity index (χ0n) is 10.3. The van der Waals surface area contributed by atoms with Crippen molar-refractivity contribution in [2.45, 2.75) is 32.4 Å². The van der Waals surface area contributed by atoms with E-state index in [9.17, 15) is 9.90 Å². The molecule has 0 aliphatic heterocycles. The second-order valence-electron chi connectivity index (χ2n) is 4.29. The topological polar surface area (TPSA) is 49.3 Å². The van der Waals surface area contributed by atoms with Crippen LogP contribution in [0.25, 0.3) is 0 Å². The average Bonchev–Trinajstić information content (AvgIpc) is 2.28. The molecular formula is C14H19NO2. The minimum Gasteiger partial charge on any atom is -0.389 e. The Morgan fingerprint density at radius 3 is 2.71 bits per heavy atom. The Morgan fingerprint density at radius 2 is 2.12 bits per heavy atom. The van der Waals surface area contributed by atoms with Crippen molar-refractivity contribution in [3.05, 3.63) is 48.0 Å². The van der Waals surface area contributed by atoms with Crippen molar-refractivity contribution in [2.75, 3.05) is 0 Å². The summed E-state index contributed by atoms with van der Waals surface area (Å²) in [7, 11) is 0. The van der Waals surface area contributed by atoms with Crippen LogP contribution < -0.4 is 5.32 Å². The molecule has 0 saturated carbocycles. The lowest BCUT2D eigenvalue weighted by atomic mass is 10.0. The number of nitrogens with one attached hydrogen (secondary N) is 1. The van der Waals surface area contributed by atoms with Crippen molar-refractivity contribution in [1.29, 1.82) is 0 Å². The Morgan fingerprint density at radius 1 is 1.47 bits per heavy atom. The first-order chi connectivity index (χ1) is 8.04. The van der Waals surface area contributed by atoms with E-state index in [1.54, 1.807) is 6.07 Å². The van der Waals surface area contributed by atoms with Crippen molar-refractivity contribution >= 4 is 5.91 Å². The monoisotopic (exact) mass is 233 g/mol. The molecule has 0 fully saturated rings. The van der Waals surface area contributed by atoms with Gasteiger partial charge >= 0.3 is 0 Å². The van der Waals surface area contributed by atoms with Gasteiger partial charge < -0.3 is 10.4 Å². The summed E-state index contributed by atoms with van der Waals surface area (Å²) in [6.45, 7) is 7.36. The predicted molar refractivity (Wildman–Crippen MR) is 69.0 cm³/mol. The Bertz CT molecular complexity index is 399. The molecule has 0 spiro atoms. The Balaban J connectivity index is 2.91. The number of carbonyl (C=O) groups excluding carboxylic acids is 1. The highest BCUT2D eigenvalue weighted by Gasteiger charge is 2.13. The number of hydrogen-bond acceptors (Lipinski definition) is 2. The largest absolute Gasteiger partial charge is 0.389 e. The van der Waals surface area contributed by atoms with E-state index in [2.05, 4.69) is 11.9 Å². The van der Waals surface area contributed by atoms with E-state index in [4.69, 9.17) is 0 Å². The summed E-state index contributed by atoms with van der Waals surface area (Å²) in [5.41, 5.74) is 1.44. The van der Waals surface area contributed by atoms with Crippen molar-refractivity contribution in [3.8, 4) is 0 Å². The van der Waals surface area contributed by atoms with Gasteiger partial charge in [-0.1, -0.05) is 24.3 Å². The molecule has 1 rings (SSSR count). The number of benzene rings is 1. The molecule has 3 nitrogen and oxygen atoms in total. The molecule has 2 N–H and O–H groups in total. The third-order valence-electron chi connectivity index (χ3n) is 2.38. The van der Waals surface area contributed by atoms with Gasteiger partial charge in [0.25, 0.3) is 5.91 Å². The zero-order chi connectivity index (χ0) is 12.8. The maximum atomic E-state index is 11.9. The maximum Gasteiger partial charge on any atom is 0.251 e. The molecule has 17 heavy (non-hydrogen) atoms. The van der Waals surface area contributed by atoms with E-state index in [0.717, 1.165) is 5.56 Å². The molecule has 0 radical (unpaired) electrons. The Hall–Kier alpha value is -1.61. The maximum absolute atomic E-state index is 11.9. The molecule has 1 amide bonds. The molecule has 1 atom stereocenters. The van der Waals surface area contributed by atoms with E-state index in [0.29, 0.717) is 12.0 Å². The second-order valence-corrected chi connectivity index (χ2v) is 4.29. The minimum atomic E-state index is -0.622. The first kappa shape index (κ1) is 13.5. The molecule has 0 aromatic heterocycles. The van der Waals surface area contributed by atoms with Crippen molar-refractivity contribution in [3.63, 3.8) is 0 Å². The molecule has 0 bridgehead atoms. The molecule has 92 valence electrons. The lowest BCUT2D eigenvalue weighted by molar-refractivity contribution is 0.0941. The SMILES string of the molecule is C=CC(O)Cc1ccccc1C(=O)NC(C)C. The zero-order valence-corrected chi connectivity index (χ0v) is 10.3. The van der Waals surface area contributed by atoms with Gasteiger partial charge in [0.1, 0.15) is 0 Å². The van der Waals surface area contributed by atoms with Crippen LogP contribution in [0.2, 0.25) is 0 Å². The molecule has 1 aromatic carbocycles. The van der Waals surface area contributed by atoms with Gasteiger partial charge in [-0.15, -0.1) is 6.58 Å². The van der Waals surface area contributed by atoms with Crippen LogP contribution in [0, 0.1) is 0 Å². The Labute approximate surface area is 102 Å². The van der Waals surface area contributed by atoms with Crippen molar-refractivity contribution in [2.24, 2.45) is 0 Å². The van der Waals surface area contributed by atoms with Crippen LogP contribution in [0.15, 0.2) is 36.9 Å². The van der Waals surface area contributed by atoms with Gasteiger partial charge in [-0.2, -0.15) is 0 Å². The molecule has 1 aromatic rings. The van der Waals surface area contributed by atoms with Gasteiger partial charge in [-0.3, -0.25) is 4.79 Å². The normalized spacial score (nSPS) is 12.2. The molecular weight excluding hydrogens is 214 g/mol. The number of amides is 1. The number of carbonyl (C=O) groups is 1. The van der Waals surface area contributed by atoms with E-state index in [1.165, 1.54) is 6.08 Å². The summed E-state index contributed by atoms with van der Waals surface area (Å²) in [6.07, 6.45) is 1.26. The van der Waals surface area contributed by atoms with Gasteiger partial charge in [-0.05, 0) is 25.5 Å². The van der Waals surface area contributed by atoms with Crippen molar-refractivity contribution in [1.82, 2.24) is 5.32 Å². The van der Waals surface area contributed by atoms with Crippen molar-refractivity contribution < 1.29 is 9.90 Å². The number of rotatable bonds is 5. The van der Waals surface area contributed by atoms with E-state index in [1.807, 2.05) is 32.0 Å². The van der Waals surface area contributed by atoms with Crippen LogP contribution in [-0.4, -0.2) is 23.2 Å². The van der Waals surface area contributed by atoms with Gasteiger partial charge in [0.15, 0.2) is 0 Å². The molecule has 0 saturated heterocycles. The Kier molecular flexibility index (Phi) is 4.91. The standard InChI is InChI=1S/C14H19NO2/c1-4-12(16)9-11-7-5-6-8-13(11)14(17)15-10(2)3/h4-8,10,12,16H,1,9H2,2-3H3,(H,15,17). The fourth-order valence-corrected chi connectivity index (χ4v) is 1.57. The summed E-state index contributed by atoms with van der Waals surface area (Å²) in [4.78, 5) is 11.9. The fourth-order valence-electron chi connectivity index (χ4n) is 1.57. The van der Waals surface area contributed by atoms with Gasteiger partial charge in [0, 0.05) is 18.0 Å². The smallest absolute Gasteiger partial charge is 0.251 e. The first-order valence-corrected chi connectivity index (χ1v) is 5.74. The molecule has 3 heteroatoms. The summed E-state index contributed by atoms with van der Waals surface area (Å²) in [6, 6.07) is 7.39. The lowest BCUT2D eigenvalue weighted by Gasteiger charge is -2.13. The van der Waals surface area contributed by atoms with Crippen LogP contribution in [0.5, 0.6) is 0 Å². The summed E-state index contributed by atoms with van der Waals surface area (Å²) < 4.78 is 0. The van der Waals surface area contributed by atoms with Gasteiger partial charge in [-0.25, -0.2) is 0 Å². The highest BCUT2D eigenvalue weighted by atomic mass is 16.3. The summed E-state index contributed by atoms with van der Waals surface area (Å²) in [5.74, 6) is -0.105. The number of aliphatic hydroxyl groups excluding tert-OH is 1. The molecule has 0 heterocycles. The van der Waals surface area contributed by atoms with Crippen LogP contribution >= 0.6 is 0 Å². The van der Waals surface area contributed by atoms with Crippen LogP contribution in [-0.2, 0) is 6.42 Å². The summed E-state index contributed by atoms with van der Waals surface area (Å²) in [5, 5.41) is 12.4. The molecule has 0 aliphatic carbocycles. The van der Waals surface area contributed by atoms with E-state index in [-0.39, 0.29) is 11.9 Å². The summed E-state index contributed by atoms with van der Waals surface area (Å²) >= 11 is 0.